The van der Waals surface area contributed by atoms with Crippen LogP contribution in [0.1, 0.15) is 32.9 Å². The summed E-state index contributed by atoms with van der Waals surface area (Å²) in [5.74, 6) is -1.44. The number of nitrogens with zero attached hydrogens (tertiary/aromatic N) is 5. The quantitative estimate of drug-likeness (QED) is 0.251. The van der Waals surface area contributed by atoms with Gasteiger partial charge in [-0.1, -0.05) is 12.1 Å². The van der Waals surface area contributed by atoms with E-state index in [1.807, 2.05) is 10.6 Å². The van der Waals surface area contributed by atoms with Crippen molar-refractivity contribution < 1.29 is 28.2 Å². The van der Waals surface area contributed by atoms with E-state index in [0.29, 0.717) is 35.6 Å². The molecule has 0 spiro atoms. The number of carboxylic acids is 1. The van der Waals surface area contributed by atoms with Crippen molar-refractivity contribution in [3.8, 4) is 23.3 Å². The minimum absolute atomic E-state index is 0.0164. The molecule has 3 aromatic heterocycles. The van der Waals surface area contributed by atoms with Crippen LogP contribution in [-0.4, -0.2) is 44.3 Å². The first-order valence-electron chi connectivity index (χ1n) is 12.5. The normalized spacial score (nSPS) is 11.0. The first-order valence-corrected chi connectivity index (χ1v) is 12.5. The second kappa shape index (κ2) is 11.9. The van der Waals surface area contributed by atoms with E-state index in [1.165, 1.54) is 30.5 Å². The average Bonchev–Trinajstić information content (AvgIpc) is 3.31. The average molecular weight is 556 g/mol. The van der Waals surface area contributed by atoms with Crippen molar-refractivity contribution in [3.05, 3.63) is 107 Å². The Kier molecular flexibility index (Phi) is 7.94. The van der Waals surface area contributed by atoms with Gasteiger partial charge in [0.25, 0.3) is 0 Å². The van der Waals surface area contributed by atoms with Crippen LogP contribution < -0.4 is 4.74 Å². The summed E-state index contributed by atoms with van der Waals surface area (Å²) in [6, 6.07) is 16.8. The van der Waals surface area contributed by atoms with Crippen LogP contribution in [0.2, 0.25) is 0 Å². The number of pyridine rings is 2. The summed E-state index contributed by atoms with van der Waals surface area (Å²) in [6.07, 6.45) is 1.78. The molecule has 5 aromatic rings. The van der Waals surface area contributed by atoms with E-state index >= 15 is 4.39 Å². The molecule has 41 heavy (non-hydrogen) atoms. The summed E-state index contributed by atoms with van der Waals surface area (Å²) in [6.45, 7) is 0.687. The maximum atomic E-state index is 15.3. The predicted octanol–water partition coefficient (Wildman–Crippen LogP) is 5.16. The number of methoxy groups -OCH3 is 1. The molecule has 0 aliphatic heterocycles. The lowest BCUT2D eigenvalue weighted by Gasteiger charge is -2.10. The molecule has 0 unspecified atom stereocenters. The van der Waals surface area contributed by atoms with Crippen molar-refractivity contribution in [1.82, 2.24) is 19.5 Å². The van der Waals surface area contributed by atoms with Crippen LogP contribution in [0.5, 0.6) is 5.88 Å². The molecule has 1 N–H and O–H groups in total. The minimum atomic E-state index is -1.04. The molecule has 0 amide bonds. The molecule has 11 heteroatoms. The van der Waals surface area contributed by atoms with Gasteiger partial charge in [0.05, 0.1) is 40.5 Å². The van der Waals surface area contributed by atoms with E-state index in [2.05, 4.69) is 15.0 Å². The molecule has 0 bridgehead atoms. The van der Waals surface area contributed by atoms with Gasteiger partial charge in [0.1, 0.15) is 23.9 Å². The zero-order chi connectivity index (χ0) is 28.9. The Bertz CT molecular complexity index is 1800. The number of aromatic nitrogens is 4. The molecule has 0 aliphatic carbocycles. The zero-order valence-corrected chi connectivity index (χ0v) is 21.8. The Labute approximate surface area is 233 Å². The fraction of sp³-hybridized carbons (Fsp3) is 0.167. The van der Waals surface area contributed by atoms with Crippen LogP contribution in [0.15, 0.2) is 66.9 Å². The Morgan fingerprint density at radius 1 is 1.07 bits per heavy atom. The lowest BCUT2D eigenvalue weighted by Crippen LogP contribution is -2.09. The number of fused-ring (bicyclic) bond motifs is 1. The number of carboxylic acid groups (broad SMARTS) is 1. The van der Waals surface area contributed by atoms with E-state index in [9.17, 15) is 14.3 Å². The monoisotopic (exact) mass is 555 g/mol. The molecule has 3 heterocycles. The molecule has 0 fully saturated rings. The van der Waals surface area contributed by atoms with Gasteiger partial charge < -0.3 is 19.1 Å². The molecule has 0 aliphatic rings. The standard InChI is InChI=1S/C30H23F2N5O4/c1-40-10-9-37-26-14-20(30(38)39)7-8-24(26)35-27(37)13-19-12-23(32)29(34-16-19)25-3-2-4-28(36-25)41-17-21-6-5-18(15-33)11-22(21)31/h2-8,11-12,14,16H,9-10,13,17H2,1H3,(H,38,39). The maximum absolute atomic E-state index is 15.3. The van der Waals surface area contributed by atoms with Gasteiger partial charge in [-0.05, 0) is 48.0 Å². The van der Waals surface area contributed by atoms with Gasteiger partial charge >= 0.3 is 5.97 Å². The summed E-state index contributed by atoms with van der Waals surface area (Å²) in [5.41, 5.74) is 2.67. The smallest absolute Gasteiger partial charge is 0.335 e. The molecule has 2 aromatic carbocycles. The maximum Gasteiger partial charge on any atom is 0.335 e. The number of carbonyl (C=O) groups is 1. The Morgan fingerprint density at radius 3 is 2.66 bits per heavy atom. The number of benzene rings is 2. The molecule has 0 radical (unpaired) electrons. The van der Waals surface area contributed by atoms with Crippen LogP contribution in [-0.2, 0) is 24.3 Å². The van der Waals surface area contributed by atoms with Gasteiger partial charge in [-0.15, -0.1) is 0 Å². The number of halogens is 2. The van der Waals surface area contributed by atoms with Gasteiger partial charge in [-0.25, -0.2) is 23.5 Å². The van der Waals surface area contributed by atoms with E-state index in [4.69, 9.17) is 14.7 Å². The minimum Gasteiger partial charge on any atom is -0.478 e. The lowest BCUT2D eigenvalue weighted by atomic mass is 10.1. The second-order valence-electron chi connectivity index (χ2n) is 9.10. The first-order chi connectivity index (χ1) is 19.9. The van der Waals surface area contributed by atoms with Gasteiger partial charge in [0.15, 0.2) is 5.82 Å². The van der Waals surface area contributed by atoms with Crippen LogP contribution in [0.4, 0.5) is 8.78 Å². The highest BCUT2D eigenvalue weighted by molar-refractivity contribution is 5.92. The topological polar surface area (TPSA) is 123 Å². The van der Waals surface area contributed by atoms with Crippen LogP contribution >= 0.6 is 0 Å². The number of nitriles is 1. The number of imidazole rings is 1. The third-order valence-corrected chi connectivity index (χ3v) is 6.38. The summed E-state index contributed by atoms with van der Waals surface area (Å²) in [5, 5.41) is 18.3. The third kappa shape index (κ3) is 6.03. The summed E-state index contributed by atoms with van der Waals surface area (Å²) >= 11 is 0. The molecular weight excluding hydrogens is 532 g/mol. The third-order valence-electron chi connectivity index (χ3n) is 6.38. The number of rotatable bonds is 10. The molecule has 5 rings (SSSR count). The highest BCUT2D eigenvalue weighted by Gasteiger charge is 2.16. The number of hydrogen-bond acceptors (Lipinski definition) is 7. The van der Waals surface area contributed by atoms with E-state index in [0.717, 1.165) is 6.07 Å². The van der Waals surface area contributed by atoms with Crippen molar-refractivity contribution in [1.29, 1.82) is 5.26 Å². The molecule has 0 saturated heterocycles. The Hall–Kier alpha value is -5.21. The van der Waals surface area contributed by atoms with Crippen molar-refractivity contribution in [3.63, 3.8) is 0 Å². The van der Waals surface area contributed by atoms with Gasteiger partial charge in [-0.2, -0.15) is 5.26 Å². The predicted molar refractivity (Wildman–Crippen MR) is 144 cm³/mol. The first kappa shape index (κ1) is 27.4. The van der Waals surface area contributed by atoms with Crippen LogP contribution in [0.25, 0.3) is 22.4 Å². The van der Waals surface area contributed by atoms with E-state index < -0.39 is 17.6 Å². The van der Waals surface area contributed by atoms with Crippen molar-refractivity contribution in [2.45, 2.75) is 19.6 Å². The Morgan fingerprint density at radius 2 is 1.93 bits per heavy atom. The number of ether oxygens (including phenoxy) is 2. The molecule has 0 atom stereocenters. The highest BCUT2D eigenvalue weighted by Crippen LogP contribution is 2.25. The van der Waals surface area contributed by atoms with Crippen molar-refractivity contribution in [2.24, 2.45) is 0 Å². The Balaban J connectivity index is 1.36. The van der Waals surface area contributed by atoms with Crippen LogP contribution in [0, 0.1) is 23.0 Å². The second-order valence-corrected chi connectivity index (χ2v) is 9.10. The van der Waals surface area contributed by atoms with Gasteiger partial charge in [-0.3, -0.25) is 4.98 Å². The van der Waals surface area contributed by atoms with Crippen molar-refractivity contribution >= 4 is 17.0 Å². The van der Waals surface area contributed by atoms with E-state index in [-0.39, 0.29) is 47.0 Å². The van der Waals surface area contributed by atoms with Gasteiger partial charge in [0, 0.05) is 37.9 Å². The molecular formula is C30H23F2N5O4. The van der Waals surface area contributed by atoms with Crippen molar-refractivity contribution in [2.75, 3.05) is 13.7 Å². The summed E-state index contributed by atoms with van der Waals surface area (Å²) < 4.78 is 42.1. The fourth-order valence-corrected chi connectivity index (χ4v) is 4.33. The highest BCUT2D eigenvalue weighted by atomic mass is 19.1. The number of aromatic carboxylic acids is 1. The summed E-state index contributed by atoms with van der Waals surface area (Å²) in [4.78, 5) is 24.7. The molecule has 9 nitrogen and oxygen atoms in total. The van der Waals surface area contributed by atoms with E-state index in [1.54, 1.807) is 37.4 Å². The van der Waals surface area contributed by atoms with Crippen LogP contribution in [0.3, 0.4) is 0 Å². The summed E-state index contributed by atoms with van der Waals surface area (Å²) in [7, 11) is 1.57. The van der Waals surface area contributed by atoms with Gasteiger partial charge in [0.2, 0.25) is 5.88 Å². The SMILES string of the molecule is COCCn1c(Cc2cnc(-c3cccc(OCc4ccc(C#N)cc4F)n3)c(F)c2)nc2ccc(C(=O)O)cc21. The fourth-order valence-electron chi connectivity index (χ4n) is 4.33. The zero-order valence-electron chi connectivity index (χ0n) is 21.8. The largest absolute Gasteiger partial charge is 0.478 e. The lowest BCUT2D eigenvalue weighted by molar-refractivity contribution is 0.0697. The number of hydrogen-bond donors (Lipinski definition) is 1. The molecule has 0 saturated carbocycles. The molecule has 206 valence electrons.